The predicted octanol–water partition coefficient (Wildman–Crippen LogP) is 3.07. The molecule has 0 aromatic heterocycles. The molecule has 0 fully saturated rings. The van der Waals surface area contributed by atoms with Gasteiger partial charge in [-0.3, -0.25) is 0 Å². The fourth-order valence-corrected chi connectivity index (χ4v) is 5.54. The minimum Gasteiger partial charge on any atom is -0.507 e. The van der Waals surface area contributed by atoms with Gasteiger partial charge in [0.15, 0.2) is 23.0 Å². The molecule has 4 atom stereocenters. The molecule has 4 unspecified atom stereocenters. The smallest absolute Gasteiger partial charge is 0.157 e. The van der Waals surface area contributed by atoms with Crippen molar-refractivity contribution in [3.63, 3.8) is 0 Å². The monoisotopic (exact) mass is 578 g/mol. The van der Waals surface area contributed by atoms with Gasteiger partial charge in [-0.25, -0.2) is 0 Å². The lowest BCUT2D eigenvalue weighted by molar-refractivity contribution is 0.0186. The highest BCUT2D eigenvalue weighted by atomic mass is 16.5. The number of aliphatic hydroxyl groups is 2. The van der Waals surface area contributed by atoms with Gasteiger partial charge in [0.1, 0.15) is 46.7 Å². The molecule has 4 aromatic carbocycles. The number of fused-ring (bicyclic) bond motifs is 2. The number of hydrogen-bond acceptors (Lipinski definition) is 12. The summed E-state index contributed by atoms with van der Waals surface area (Å²) in [6.45, 7) is 0. The Kier molecular flexibility index (Phi) is 6.24. The van der Waals surface area contributed by atoms with E-state index < -0.39 is 70.4 Å². The van der Waals surface area contributed by atoms with Gasteiger partial charge in [0.05, 0.1) is 23.3 Å². The molecule has 0 spiro atoms. The van der Waals surface area contributed by atoms with Crippen LogP contribution in [0.5, 0.6) is 57.5 Å². The maximum atomic E-state index is 11.1. The quantitative estimate of drug-likeness (QED) is 0.159. The molecule has 2 aliphatic rings. The molecule has 0 saturated heterocycles. The van der Waals surface area contributed by atoms with Gasteiger partial charge < -0.3 is 60.5 Å². The van der Waals surface area contributed by atoms with Gasteiger partial charge in [0.2, 0.25) is 0 Å². The third-order valence-electron chi connectivity index (χ3n) is 7.60. The molecule has 12 heteroatoms. The van der Waals surface area contributed by atoms with Crippen LogP contribution in [0.1, 0.15) is 34.5 Å². The highest BCUT2D eigenvalue weighted by Gasteiger charge is 2.40. The molecule has 2 aliphatic heterocycles. The summed E-state index contributed by atoms with van der Waals surface area (Å²) in [4.78, 5) is 0. The molecule has 42 heavy (non-hydrogen) atoms. The van der Waals surface area contributed by atoms with Crippen LogP contribution in [0.15, 0.2) is 48.5 Å². The van der Waals surface area contributed by atoms with Crippen LogP contribution in [-0.2, 0) is 12.8 Å². The molecule has 12 nitrogen and oxygen atoms in total. The standard InChI is InChI=1S/C30H26O12/c31-15-3-1-11(5-19(15)35)27-23(39)7-13-17(33)9-21(37)25(29(13)41-27)26-22(38)10-18(34)14-8-24(40)28(42-30(14)26)12-2-4-16(32)20(36)6-12/h1-6,9-10,23-24,27-28,31-40H,7-8H2. The van der Waals surface area contributed by atoms with Gasteiger partial charge in [-0.2, -0.15) is 0 Å². The van der Waals surface area contributed by atoms with Gasteiger partial charge in [-0.15, -0.1) is 0 Å². The summed E-state index contributed by atoms with van der Waals surface area (Å²) in [6, 6.07) is 9.64. The van der Waals surface area contributed by atoms with E-state index in [1.54, 1.807) is 0 Å². The topological polar surface area (TPSA) is 221 Å². The molecular formula is C30H26O12. The molecule has 0 saturated carbocycles. The number of rotatable bonds is 3. The fourth-order valence-electron chi connectivity index (χ4n) is 5.54. The minimum atomic E-state index is -1.23. The van der Waals surface area contributed by atoms with Crippen LogP contribution in [0.4, 0.5) is 0 Å². The van der Waals surface area contributed by atoms with E-state index in [0.29, 0.717) is 0 Å². The van der Waals surface area contributed by atoms with Crippen LogP contribution in [0.2, 0.25) is 0 Å². The molecule has 4 aromatic rings. The number of aromatic hydroxyl groups is 8. The normalized spacial score (nSPS) is 21.1. The number of aliphatic hydroxyl groups excluding tert-OH is 2. The maximum absolute atomic E-state index is 11.1. The number of phenolic OH excluding ortho intramolecular Hbond substituents is 8. The molecule has 0 amide bonds. The van der Waals surface area contributed by atoms with Gasteiger partial charge >= 0.3 is 0 Å². The Morgan fingerprint density at radius 1 is 0.452 bits per heavy atom. The predicted molar refractivity (Wildman–Crippen MR) is 144 cm³/mol. The van der Waals surface area contributed by atoms with Crippen molar-refractivity contribution in [1.29, 1.82) is 0 Å². The number of hydrogen-bond donors (Lipinski definition) is 10. The Hall–Kier alpha value is -5.20. The second kappa shape index (κ2) is 9.72. The first kappa shape index (κ1) is 27.0. The number of ether oxygens (including phenoxy) is 2. The zero-order valence-corrected chi connectivity index (χ0v) is 21.6. The lowest BCUT2D eigenvalue weighted by Crippen LogP contribution is -2.31. The Bertz CT molecular complexity index is 1610. The Morgan fingerprint density at radius 3 is 1.19 bits per heavy atom. The molecule has 2 heterocycles. The van der Waals surface area contributed by atoms with E-state index in [0.717, 1.165) is 12.1 Å². The van der Waals surface area contributed by atoms with Gasteiger partial charge in [0, 0.05) is 36.1 Å². The highest BCUT2D eigenvalue weighted by molar-refractivity contribution is 5.89. The largest absolute Gasteiger partial charge is 0.507 e. The third kappa shape index (κ3) is 4.24. The van der Waals surface area contributed by atoms with Crippen LogP contribution >= 0.6 is 0 Å². The van der Waals surface area contributed by atoms with Crippen molar-refractivity contribution in [2.45, 2.75) is 37.3 Å². The first-order chi connectivity index (χ1) is 19.9. The molecular weight excluding hydrogens is 552 g/mol. The first-order valence-electron chi connectivity index (χ1n) is 12.8. The molecule has 218 valence electrons. The number of phenols is 8. The lowest BCUT2D eigenvalue weighted by Gasteiger charge is -2.35. The van der Waals surface area contributed by atoms with Crippen LogP contribution in [-0.4, -0.2) is 63.3 Å². The summed E-state index contributed by atoms with van der Waals surface area (Å²) in [6.07, 6.45) is -5.09. The van der Waals surface area contributed by atoms with E-state index in [-0.39, 0.29) is 57.7 Å². The van der Waals surface area contributed by atoms with E-state index in [1.165, 1.54) is 36.4 Å². The van der Waals surface area contributed by atoms with Crippen LogP contribution in [0, 0.1) is 0 Å². The van der Waals surface area contributed by atoms with Crippen molar-refractivity contribution in [2.75, 3.05) is 0 Å². The summed E-state index contributed by atoms with van der Waals surface area (Å²) in [5.74, 6) is -3.88. The minimum absolute atomic E-state index is 0.0895. The molecule has 0 radical (unpaired) electrons. The average molecular weight is 579 g/mol. The number of benzene rings is 4. The summed E-state index contributed by atoms with van der Waals surface area (Å²) >= 11 is 0. The van der Waals surface area contributed by atoms with E-state index in [9.17, 15) is 51.1 Å². The zero-order valence-electron chi connectivity index (χ0n) is 21.6. The Morgan fingerprint density at radius 2 is 0.833 bits per heavy atom. The maximum Gasteiger partial charge on any atom is 0.157 e. The van der Waals surface area contributed by atoms with E-state index >= 15 is 0 Å². The lowest BCUT2D eigenvalue weighted by atomic mass is 9.87. The molecule has 0 bridgehead atoms. The van der Waals surface area contributed by atoms with Crippen molar-refractivity contribution < 1.29 is 60.5 Å². The van der Waals surface area contributed by atoms with Gasteiger partial charge in [-0.1, -0.05) is 12.1 Å². The van der Waals surface area contributed by atoms with Crippen LogP contribution < -0.4 is 9.47 Å². The summed E-state index contributed by atoms with van der Waals surface area (Å²) < 4.78 is 12.2. The Balaban J connectivity index is 1.53. The fraction of sp³-hybridized carbons (Fsp3) is 0.200. The van der Waals surface area contributed by atoms with Gasteiger partial charge in [-0.05, 0) is 35.4 Å². The van der Waals surface area contributed by atoms with Crippen molar-refractivity contribution in [3.05, 3.63) is 70.8 Å². The second-order valence-electron chi connectivity index (χ2n) is 10.3. The summed E-state index contributed by atoms with van der Waals surface area (Å²) in [7, 11) is 0. The zero-order chi connectivity index (χ0) is 30.0. The van der Waals surface area contributed by atoms with Crippen molar-refractivity contribution in [3.8, 4) is 68.6 Å². The highest BCUT2D eigenvalue weighted by Crippen LogP contribution is 2.57. The second-order valence-corrected chi connectivity index (χ2v) is 10.3. The van der Waals surface area contributed by atoms with Crippen molar-refractivity contribution in [1.82, 2.24) is 0 Å². The van der Waals surface area contributed by atoms with Crippen molar-refractivity contribution >= 4 is 0 Å². The first-order valence-corrected chi connectivity index (χ1v) is 12.8. The van der Waals surface area contributed by atoms with Crippen LogP contribution in [0.3, 0.4) is 0 Å². The Labute approximate surface area is 237 Å². The van der Waals surface area contributed by atoms with Crippen LogP contribution in [0.25, 0.3) is 11.1 Å². The molecule has 0 aliphatic carbocycles. The van der Waals surface area contributed by atoms with E-state index in [2.05, 4.69) is 0 Å². The molecule has 6 rings (SSSR count). The van der Waals surface area contributed by atoms with E-state index in [4.69, 9.17) is 9.47 Å². The average Bonchev–Trinajstić information content (AvgIpc) is 2.93. The summed E-state index contributed by atoms with van der Waals surface area (Å²) in [5, 5.41) is 105. The van der Waals surface area contributed by atoms with E-state index in [1.807, 2.05) is 0 Å². The van der Waals surface area contributed by atoms with Crippen molar-refractivity contribution in [2.24, 2.45) is 0 Å². The molecule has 10 N–H and O–H groups in total. The third-order valence-corrected chi connectivity index (χ3v) is 7.60. The summed E-state index contributed by atoms with van der Waals surface area (Å²) in [5.41, 5.74) is 0.403. The SMILES string of the molecule is Oc1ccc(C2Oc3c(c(O)cc(O)c3-c3c(O)cc(O)c4c3OC(c3ccc(O)c(O)c3)C(O)C4)CC2O)cc1O. The van der Waals surface area contributed by atoms with Gasteiger partial charge in [0.25, 0.3) is 0 Å².